The Morgan fingerprint density at radius 3 is 2.46 bits per heavy atom. The molecule has 2 heterocycles. The van der Waals surface area contributed by atoms with Crippen molar-refractivity contribution in [2.45, 2.75) is 12.8 Å². The van der Waals surface area contributed by atoms with Gasteiger partial charge in [-0.2, -0.15) is 0 Å². The second kappa shape index (κ2) is 8.88. The van der Waals surface area contributed by atoms with Gasteiger partial charge in [-0.15, -0.1) is 11.3 Å². The monoisotopic (exact) mass is 400 g/mol. The van der Waals surface area contributed by atoms with Crippen molar-refractivity contribution in [3.63, 3.8) is 0 Å². The number of thiophene rings is 1. The van der Waals surface area contributed by atoms with Crippen LogP contribution in [0.15, 0.2) is 41.8 Å². The molecule has 0 spiro atoms. The SMILES string of the molecule is CN(C)c1cccc(C(=O)NNC(=O)C2CCN(C(=O)c3cccs3)CC2)c1. The Kier molecular flexibility index (Phi) is 6.30. The van der Waals surface area contributed by atoms with Crippen LogP contribution in [0, 0.1) is 5.92 Å². The summed E-state index contributed by atoms with van der Waals surface area (Å²) in [5, 5.41) is 1.88. The van der Waals surface area contributed by atoms with Crippen molar-refractivity contribution >= 4 is 34.7 Å². The van der Waals surface area contributed by atoms with Gasteiger partial charge in [0, 0.05) is 44.4 Å². The third-order valence-electron chi connectivity index (χ3n) is 4.81. The first-order valence-electron chi connectivity index (χ1n) is 9.16. The first-order chi connectivity index (χ1) is 13.5. The van der Waals surface area contributed by atoms with Crippen LogP contribution < -0.4 is 15.8 Å². The van der Waals surface area contributed by atoms with E-state index in [1.54, 1.807) is 23.1 Å². The highest BCUT2D eigenvalue weighted by Gasteiger charge is 2.28. The van der Waals surface area contributed by atoms with Crippen molar-refractivity contribution in [1.29, 1.82) is 0 Å². The van der Waals surface area contributed by atoms with E-state index < -0.39 is 0 Å². The number of carbonyl (C=O) groups is 3. The number of piperidine rings is 1. The molecule has 1 aliphatic heterocycles. The zero-order chi connectivity index (χ0) is 20.1. The highest BCUT2D eigenvalue weighted by molar-refractivity contribution is 7.12. The van der Waals surface area contributed by atoms with E-state index >= 15 is 0 Å². The normalized spacial score (nSPS) is 14.4. The second-order valence-electron chi connectivity index (χ2n) is 6.93. The predicted octanol–water partition coefficient (Wildman–Crippen LogP) is 2.13. The minimum Gasteiger partial charge on any atom is -0.378 e. The molecule has 3 amide bonds. The minimum absolute atomic E-state index is 0.0166. The standard InChI is InChI=1S/C20H24N4O3S/c1-23(2)16-6-3-5-15(13-16)19(26)22-21-18(25)14-8-10-24(11-9-14)20(27)17-7-4-12-28-17/h3-7,12-14H,8-11H2,1-2H3,(H,21,25)(H,22,26). The molecule has 8 heteroatoms. The molecular weight excluding hydrogens is 376 g/mol. The Bertz CT molecular complexity index is 843. The quantitative estimate of drug-likeness (QED) is 0.771. The summed E-state index contributed by atoms with van der Waals surface area (Å²) in [4.78, 5) is 41.4. The third kappa shape index (κ3) is 4.69. The summed E-state index contributed by atoms with van der Waals surface area (Å²) in [5.41, 5.74) is 6.38. The molecule has 2 N–H and O–H groups in total. The lowest BCUT2D eigenvalue weighted by atomic mass is 9.96. The number of benzene rings is 1. The van der Waals surface area contributed by atoms with Gasteiger partial charge >= 0.3 is 0 Å². The molecule has 7 nitrogen and oxygen atoms in total. The number of carbonyl (C=O) groups excluding carboxylic acids is 3. The van der Waals surface area contributed by atoms with E-state index in [0.717, 1.165) is 10.6 Å². The van der Waals surface area contributed by atoms with Crippen LogP contribution in [-0.4, -0.2) is 49.8 Å². The number of hydrogen-bond acceptors (Lipinski definition) is 5. The van der Waals surface area contributed by atoms with Crippen molar-refractivity contribution in [3.8, 4) is 0 Å². The van der Waals surface area contributed by atoms with Gasteiger partial charge < -0.3 is 9.80 Å². The topological polar surface area (TPSA) is 81.8 Å². The number of nitrogens with zero attached hydrogens (tertiary/aromatic N) is 2. The van der Waals surface area contributed by atoms with Crippen molar-refractivity contribution in [2.75, 3.05) is 32.1 Å². The predicted molar refractivity (Wildman–Crippen MR) is 109 cm³/mol. The van der Waals surface area contributed by atoms with Crippen LogP contribution in [0.5, 0.6) is 0 Å². The van der Waals surface area contributed by atoms with Crippen LogP contribution in [0.4, 0.5) is 5.69 Å². The lowest BCUT2D eigenvalue weighted by Gasteiger charge is -2.31. The van der Waals surface area contributed by atoms with Gasteiger partial charge in [-0.25, -0.2) is 0 Å². The largest absolute Gasteiger partial charge is 0.378 e. The van der Waals surface area contributed by atoms with Crippen molar-refractivity contribution in [2.24, 2.45) is 5.92 Å². The molecule has 1 saturated heterocycles. The molecule has 0 atom stereocenters. The van der Waals surface area contributed by atoms with E-state index in [1.165, 1.54) is 11.3 Å². The summed E-state index contributed by atoms with van der Waals surface area (Å²) in [7, 11) is 3.79. The van der Waals surface area contributed by atoms with E-state index in [1.807, 2.05) is 42.6 Å². The zero-order valence-electron chi connectivity index (χ0n) is 16.0. The summed E-state index contributed by atoms with van der Waals surface area (Å²) in [6.45, 7) is 1.07. The zero-order valence-corrected chi connectivity index (χ0v) is 16.8. The summed E-state index contributed by atoms with van der Waals surface area (Å²) >= 11 is 1.42. The fourth-order valence-corrected chi connectivity index (χ4v) is 3.81. The maximum absolute atomic E-state index is 12.4. The molecule has 1 fully saturated rings. The van der Waals surface area contributed by atoms with Gasteiger partial charge in [0.2, 0.25) is 5.91 Å². The van der Waals surface area contributed by atoms with Crippen LogP contribution in [0.25, 0.3) is 0 Å². The number of anilines is 1. The Labute approximate surface area is 168 Å². The average Bonchev–Trinajstić information content (AvgIpc) is 3.26. The van der Waals surface area contributed by atoms with Gasteiger partial charge in [0.05, 0.1) is 4.88 Å². The van der Waals surface area contributed by atoms with Crippen molar-refractivity contribution in [3.05, 3.63) is 52.2 Å². The lowest BCUT2D eigenvalue weighted by molar-refractivity contribution is -0.127. The van der Waals surface area contributed by atoms with Gasteiger partial charge in [0.1, 0.15) is 0 Å². The molecule has 1 aromatic carbocycles. The first kappa shape index (κ1) is 19.9. The second-order valence-corrected chi connectivity index (χ2v) is 7.88. The Morgan fingerprint density at radius 2 is 1.82 bits per heavy atom. The highest BCUT2D eigenvalue weighted by atomic mass is 32.1. The fourth-order valence-electron chi connectivity index (χ4n) is 3.12. The number of nitrogens with one attached hydrogen (secondary N) is 2. The maximum Gasteiger partial charge on any atom is 0.269 e. The van der Waals surface area contributed by atoms with Gasteiger partial charge in [-0.1, -0.05) is 12.1 Å². The number of likely N-dealkylation sites (tertiary alicyclic amines) is 1. The van der Waals surface area contributed by atoms with E-state index in [2.05, 4.69) is 10.9 Å². The van der Waals surface area contributed by atoms with Crippen LogP contribution in [-0.2, 0) is 4.79 Å². The molecule has 28 heavy (non-hydrogen) atoms. The maximum atomic E-state index is 12.4. The van der Waals surface area contributed by atoms with Gasteiger partial charge in [-0.3, -0.25) is 25.2 Å². The smallest absolute Gasteiger partial charge is 0.269 e. The summed E-state index contributed by atoms with van der Waals surface area (Å²) in [6, 6.07) is 10.8. The highest BCUT2D eigenvalue weighted by Crippen LogP contribution is 2.21. The van der Waals surface area contributed by atoms with Crippen LogP contribution in [0.3, 0.4) is 0 Å². The summed E-state index contributed by atoms with van der Waals surface area (Å²) < 4.78 is 0. The van der Waals surface area contributed by atoms with E-state index in [4.69, 9.17) is 0 Å². The van der Waals surface area contributed by atoms with Crippen LogP contribution in [0.1, 0.15) is 32.9 Å². The van der Waals surface area contributed by atoms with Gasteiger partial charge in [0.15, 0.2) is 0 Å². The molecule has 0 saturated carbocycles. The minimum atomic E-state index is -0.359. The summed E-state index contributed by atoms with van der Waals surface area (Å²) in [6.07, 6.45) is 1.16. The van der Waals surface area contributed by atoms with Gasteiger partial charge in [0.25, 0.3) is 11.8 Å². The first-order valence-corrected chi connectivity index (χ1v) is 10.0. The summed E-state index contributed by atoms with van der Waals surface area (Å²) in [5.74, 6) is -0.786. The Hall–Kier alpha value is -2.87. The molecule has 148 valence electrons. The number of hydrogen-bond donors (Lipinski definition) is 2. The molecule has 2 aromatic rings. The van der Waals surface area contributed by atoms with E-state index in [-0.39, 0.29) is 23.6 Å². The molecule has 0 radical (unpaired) electrons. The number of rotatable bonds is 4. The molecule has 0 bridgehead atoms. The molecule has 1 aliphatic rings. The molecular formula is C20H24N4O3S. The number of amides is 3. The van der Waals surface area contributed by atoms with Crippen molar-refractivity contribution < 1.29 is 14.4 Å². The van der Waals surface area contributed by atoms with E-state index in [9.17, 15) is 14.4 Å². The van der Waals surface area contributed by atoms with Crippen LogP contribution in [0.2, 0.25) is 0 Å². The average molecular weight is 401 g/mol. The fraction of sp³-hybridized carbons (Fsp3) is 0.350. The molecule has 3 rings (SSSR count). The lowest BCUT2D eigenvalue weighted by Crippen LogP contribution is -2.48. The molecule has 0 aliphatic carbocycles. The van der Waals surface area contributed by atoms with Crippen LogP contribution >= 0.6 is 11.3 Å². The van der Waals surface area contributed by atoms with Gasteiger partial charge in [-0.05, 0) is 42.5 Å². The third-order valence-corrected chi connectivity index (χ3v) is 5.67. The van der Waals surface area contributed by atoms with E-state index in [0.29, 0.717) is 31.5 Å². The number of hydrazine groups is 1. The van der Waals surface area contributed by atoms with Crippen molar-refractivity contribution in [1.82, 2.24) is 15.8 Å². The Morgan fingerprint density at radius 1 is 1.07 bits per heavy atom. The molecule has 0 unspecified atom stereocenters. The molecule has 1 aromatic heterocycles. The Balaban J connectivity index is 1.47.